The minimum atomic E-state index is -0.120. The van der Waals surface area contributed by atoms with Gasteiger partial charge in [0.25, 0.3) is 5.56 Å². The molecule has 2 rings (SSSR count). The normalized spacial score (nSPS) is 10.5. The lowest BCUT2D eigenvalue weighted by molar-refractivity contribution is 1.28. The maximum absolute atomic E-state index is 11.4. The summed E-state index contributed by atoms with van der Waals surface area (Å²) in [7, 11) is 0. The van der Waals surface area contributed by atoms with Crippen molar-refractivity contribution in [2.45, 2.75) is 0 Å². The van der Waals surface area contributed by atoms with Gasteiger partial charge in [0, 0.05) is 16.1 Å². The minimum Gasteiger partial charge on any atom is -0.397 e. The summed E-state index contributed by atoms with van der Waals surface area (Å²) in [5, 5.41) is 1.39. The zero-order valence-corrected chi connectivity index (χ0v) is 8.26. The van der Waals surface area contributed by atoms with Crippen molar-refractivity contribution in [1.82, 2.24) is 4.98 Å². The van der Waals surface area contributed by atoms with Crippen LogP contribution in [0.1, 0.15) is 0 Å². The van der Waals surface area contributed by atoms with Crippen molar-refractivity contribution in [2.75, 3.05) is 5.73 Å². The van der Waals surface area contributed by atoms with Gasteiger partial charge in [-0.15, -0.1) is 0 Å². The third-order valence-corrected chi connectivity index (χ3v) is 2.39. The number of fused-ring (bicyclic) bond motifs is 1. The number of H-pyrrole nitrogens is 1. The first kappa shape index (κ1) is 8.31. The smallest absolute Gasteiger partial charge is 0.255 e. The Kier molecular flexibility index (Phi) is 1.84. The summed E-state index contributed by atoms with van der Waals surface area (Å²) in [5.74, 6) is 0. The first-order chi connectivity index (χ1) is 6.18. The van der Waals surface area contributed by atoms with Crippen LogP contribution in [-0.2, 0) is 0 Å². The second-order valence-corrected chi connectivity index (χ2v) is 3.68. The zero-order chi connectivity index (χ0) is 9.42. The number of aromatic amines is 1. The van der Waals surface area contributed by atoms with Gasteiger partial charge in [0.2, 0.25) is 0 Å². The van der Waals surface area contributed by atoms with E-state index in [1.165, 1.54) is 6.20 Å². The molecule has 66 valence electrons. The van der Waals surface area contributed by atoms with Crippen molar-refractivity contribution in [2.24, 2.45) is 0 Å². The zero-order valence-electron chi connectivity index (χ0n) is 6.67. The number of hydrogen-bond acceptors (Lipinski definition) is 2. The quantitative estimate of drug-likeness (QED) is 0.737. The van der Waals surface area contributed by atoms with Crippen molar-refractivity contribution in [1.29, 1.82) is 0 Å². The van der Waals surface area contributed by atoms with E-state index >= 15 is 0 Å². The Morgan fingerprint density at radius 2 is 2.08 bits per heavy atom. The average Bonchev–Trinajstić information content (AvgIpc) is 2.12. The van der Waals surface area contributed by atoms with Crippen LogP contribution < -0.4 is 11.3 Å². The number of nitrogens with two attached hydrogens (primary N) is 1. The van der Waals surface area contributed by atoms with Crippen molar-refractivity contribution in [3.05, 3.63) is 39.2 Å². The van der Waals surface area contributed by atoms with Crippen molar-refractivity contribution in [3.8, 4) is 0 Å². The highest BCUT2D eigenvalue weighted by Gasteiger charge is 2.01. The van der Waals surface area contributed by atoms with E-state index in [0.717, 1.165) is 9.86 Å². The number of anilines is 1. The first-order valence-corrected chi connectivity index (χ1v) is 4.54. The fraction of sp³-hybridized carbons (Fsp3) is 0. The van der Waals surface area contributed by atoms with E-state index in [9.17, 15) is 4.79 Å². The molecule has 4 heteroatoms. The molecule has 0 aliphatic rings. The van der Waals surface area contributed by atoms with Crippen molar-refractivity contribution in [3.63, 3.8) is 0 Å². The van der Waals surface area contributed by atoms with Crippen LogP contribution in [0.5, 0.6) is 0 Å². The molecule has 0 fully saturated rings. The second kappa shape index (κ2) is 2.88. The van der Waals surface area contributed by atoms with Gasteiger partial charge < -0.3 is 10.7 Å². The summed E-state index contributed by atoms with van der Waals surface area (Å²) in [5.41, 5.74) is 6.16. The largest absolute Gasteiger partial charge is 0.397 e. The number of hydrogen-bond donors (Lipinski definition) is 2. The molecule has 0 bridgehead atoms. The average molecular weight is 239 g/mol. The summed E-state index contributed by atoms with van der Waals surface area (Å²) in [6, 6.07) is 5.44. The third-order valence-electron chi connectivity index (χ3n) is 1.90. The molecule has 0 saturated carbocycles. The Morgan fingerprint density at radius 3 is 2.85 bits per heavy atom. The molecule has 0 atom stereocenters. The van der Waals surface area contributed by atoms with Crippen LogP contribution in [0.3, 0.4) is 0 Å². The molecule has 13 heavy (non-hydrogen) atoms. The molecule has 1 heterocycles. The van der Waals surface area contributed by atoms with Gasteiger partial charge in [-0.25, -0.2) is 0 Å². The maximum Gasteiger partial charge on any atom is 0.255 e. The number of nitrogen functional groups attached to an aromatic ring is 1. The van der Waals surface area contributed by atoms with Crippen LogP contribution >= 0.6 is 15.9 Å². The lowest BCUT2D eigenvalue weighted by Gasteiger charge is -2.00. The Bertz CT molecular complexity index is 518. The summed E-state index contributed by atoms with van der Waals surface area (Å²) < 4.78 is 0.871. The lowest BCUT2D eigenvalue weighted by atomic mass is 10.1. The molecule has 1 aromatic heterocycles. The predicted molar refractivity (Wildman–Crippen MR) is 56.7 cm³/mol. The predicted octanol–water partition coefficient (Wildman–Crippen LogP) is 1.87. The van der Waals surface area contributed by atoms with Gasteiger partial charge >= 0.3 is 0 Å². The van der Waals surface area contributed by atoms with Crippen LogP contribution in [0, 0.1) is 0 Å². The van der Waals surface area contributed by atoms with Crippen molar-refractivity contribution >= 4 is 32.4 Å². The highest BCUT2D eigenvalue weighted by Crippen LogP contribution is 2.20. The van der Waals surface area contributed by atoms with Crippen LogP contribution in [0.2, 0.25) is 0 Å². The van der Waals surface area contributed by atoms with Crippen LogP contribution in [0.4, 0.5) is 5.69 Å². The number of benzene rings is 1. The lowest BCUT2D eigenvalue weighted by Crippen LogP contribution is -2.06. The van der Waals surface area contributed by atoms with E-state index < -0.39 is 0 Å². The molecule has 0 aliphatic heterocycles. The van der Waals surface area contributed by atoms with Gasteiger partial charge in [0.15, 0.2) is 0 Å². The van der Waals surface area contributed by atoms with Gasteiger partial charge in [-0.1, -0.05) is 22.0 Å². The number of aromatic nitrogens is 1. The topological polar surface area (TPSA) is 58.9 Å². The number of halogens is 1. The fourth-order valence-corrected chi connectivity index (χ4v) is 1.62. The molecule has 1 aromatic carbocycles. The fourth-order valence-electron chi connectivity index (χ4n) is 1.25. The standard InChI is InChI=1S/C9H7BrN2O/c10-5-1-2-6-7(3-5)9(13)12-4-8(6)11/h1-4H,11H2,(H,12,13). The second-order valence-electron chi connectivity index (χ2n) is 2.76. The summed E-state index contributed by atoms with van der Waals surface area (Å²) >= 11 is 3.30. The molecule has 0 amide bonds. The molecule has 3 nitrogen and oxygen atoms in total. The molecule has 0 saturated heterocycles. The van der Waals surface area contributed by atoms with Gasteiger partial charge in [-0.05, 0) is 12.1 Å². The monoisotopic (exact) mass is 238 g/mol. The van der Waals surface area contributed by atoms with E-state index in [4.69, 9.17) is 5.73 Å². The van der Waals surface area contributed by atoms with E-state index in [2.05, 4.69) is 20.9 Å². The summed E-state index contributed by atoms with van der Waals surface area (Å²) in [4.78, 5) is 13.9. The highest BCUT2D eigenvalue weighted by molar-refractivity contribution is 9.10. The number of pyridine rings is 1. The molecule has 0 unspecified atom stereocenters. The minimum absolute atomic E-state index is 0.120. The van der Waals surface area contributed by atoms with Gasteiger partial charge in [0.05, 0.1) is 11.1 Å². The maximum atomic E-state index is 11.4. The molecule has 0 aliphatic carbocycles. The Morgan fingerprint density at radius 1 is 1.31 bits per heavy atom. The Hall–Kier alpha value is -1.29. The number of rotatable bonds is 0. The SMILES string of the molecule is Nc1c[nH]c(=O)c2cc(Br)ccc12. The van der Waals surface area contributed by atoms with Gasteiger partial charge in [-0.3, -0.25) is 4.79 Å². The molecule has 3 N–H and O–H groups in total. The summed E-state index contributed by atoms with van der Waals surface area (Å²) in [6.45, 7) is 0. The van der Waals surface area contributed by atoms with Gasteiger partial charge in [0.1, 0.15) is 0 Å². The summed E-state index contributed by atoms with van der Waals surface area (Å²) in [6.07, 6.45) is 1.51. The Balaban J connectivity index is 3.01. The van der Waals surface area contributed by atoms with Gasteiger partial charge in [-0.2, -0.15) is 0 Å². The highest BCUT2D eigenvalue weighted by atomic mass is 79.9. The molecule has 0 radical (unpaired) electrons. The van der Waals surface area contributed by atoms with E-state index in [-0.39, 0.29) is 5.56 Å². The molecular weight excluding hydrogens is 232 g/mol. The van der Waals surface area contributed by atoms with Crippen LogP contribution in [0.25, 0.3) is 10.8 Å². The molecule has 2 aromatic rings. The van der Waals surface area contributed by atoms with E-state index in [1.807, 2.05) is 12.1 Å². The molecule has 0 spiro atoms. The van der Waals surface area contributed by atoms with Crippen molar-refractivity contribution < 1.29 is 0 Å². The third kappa shape index (κ3) is 1.33. The van der Waals surface area contributed by atoms with Crippen LogP contribution in [-0.4, -0.2) is 4.98 Å². The van der Waals surface area contributed by atoms with E-state index in [1.54, 1.807) is 6.07 Å². The van der Waals surface area contributed by atoms with Crippen LogP contribution in [0.15, 0.2) is 33.7 Å². The Labute approximate surface area is 82.7 Å². The first-order valence-electron chi connectivity index (χ1n) is 3.75. The molecular formula is C9H7BrN2O. The van der Waals surface area contributed by atoms with E-state index in [0.29, 0.717) is 11.1 Å². The number of nitrogens with one attached hydrogen (secondary N) is 1.